The number of rotatable bonds is 5. The molecule has 5 nitrogen and oxygen atoms in total. The van der Waals surface area contributed by atoms with E-state index in [4.69, 9.17) is 16.7 Å². The van der Waals surface area contributed by atoms with Crippen molar-refractivity contribution in [2.75, 3.05) is 19.6 Å². The van der Waals surface area contributed by atoms with Gasteiger partial charge in [0, 0.05) is 4.88 Å². The predicted molar refractivity (Wildman–Crippen MR) is 85.2 cm³/mol. The van der Waals surface area contributed by atoms with Crippen molar-refractivity contribution in [1.82, 2.24) is 10.2 Å². The second-order valence-corrected chi connectivity index (χ2v) is 6.67. The minimum Gasteiger partial charge on any atom is -0.481 e. The Morgan fingerprint density at radius 1 is 1.38 bits per heavy atom. The third-order valence-electron chi connectivity index (χ3n) is 3.39. The Morgan fingerprint density at radius 2 is 2.05 bits per heavy atom. The monoisotopic (exact) mass is 352 g/mol. The van der Waals surface area contributed by atoms with Gasteiger partial charge in [-0.15, -0.1) is 23.7 Å². The highest BCUT2D eigenvalue weighted by atomic mass is 35.5. The van der Waals surface area contributed by atoms with Gasteiger partial charge in [-0.2, -0.15) is 0 Å². The lowest BCUT2D eigenvalue weighted by molar-refractivity contribution is -0.143. The first-order chi connectivity index (χ1) is 9.54. The number of likely N-dealkylation sites (tertiary alicyclic amines) is 1. The normalized spacial score (nSPS) is 16.2. The van der Waals surface area contributed by atoms with Gasteiger partial charge in [-0.3, -0.25) is 14.5 Å². The van der Waals surface area contributed by atoms with Crippen LogP contribution in [-0.2, 0) is 16.1 Å². The van der Waals surface area contributed by atoms with Crippen molar-refractivity contribution in [3.63, 3.8) is 0 Å². The van der Waals surface area contributed by atoms with Crippen molar-refractivity contribution < 1.29 is 14.7 Å². The van der Waals surface area contributed by atoms with Crippen LogP contribution in [0.5, 0.6) is 0 Å². The van der Waals surface area contributed by atoms with Gasteiger partial charge < -0.3 is 10.4 Å². The summed E-state index contributed by atoms with van der Waals surface area (Å²) in [6.45, 7) is 2.14. The van der Waals surface area contributed by atoms with E-state index in [9.17, 15) is 9.59 Å². The number of nitrogens with one attached hydrogen (secondary N) is 1. The first-order valence-corrected chi connectivity index (χ1v) is 7.70. The lowest BCUT2D eigenvalue weighted by Crippen LogP contribution is -2.42. The summed E-state index contributed by atoms with van der Waals surface area (Å²) in [6, 6.07) is 3.70. The van der Waals surface area contributed by atoms with Crippen molar-refractivity contribution in [1.29, 1.82) is 0 Å². The molecule has 2 rings (SSSR count). The summed E-state index contributed by atoms with van der Waals surface area (Å²) >= 11 is 7.27. The molecule has 2 N–H and O–H groups in total. The maximum Gasteiger partial charge on any atom is 0.306 e. The standard InChI is InChI=1S/C13H17ClN2O3S.ClH/c14-11-2-1-10(20-11)7-15-12(17)8-16-5-3-9(4-6-16)13(18)19;/h1-2,9H,3-8H2,(H,15,17)(H,18,19);1H. The Hall–Kier alpha value is -0.820. The highest BCUT2D eigenvalue weighted by Crippen LogP contribution is 2.21. The molecule has 0 spiro atoms. The molecule has 21 heavy (non-hydrogen) atoms. The summed E-state index contributed by atoms with van der Waals surface area (Å²) < 4.78 is 0.713. The molecule has 0 atom stereocenters. The molecule has 118 valence electrons. The average Bonchev–Trinajstić information content (AvgIpc) is 2.83. The SMILES string of the molecule is Cl.O=C(CN1CCC(C(=O)O)CC1)NCc1ccc(Cl)s1. The molecule has 2 heterocycles. The van der Waals surface area contributed by atoms with E-state index in [1.165, 1.54) is 11.3 Å². The van der Waals surface area contributed by atoms with Gasteiger partial charge >= 0.3 is 5.97 Å². The minimum atomic E-state index is -0.733. The smallest absolute Gasteiger partial charge is 0.306 e. The number of halogens is 2. The van der Waals surface area contributed by atoms with Gasteiger partial charge in [0.2, 0.25) is 5.91 Å². The number of nitrogens with zero attached hydrogens (tertiary/aromatic N) is 1. The molecule has 1 amide bonds. The number of aliphatic carboxylic acids is 1. The predicted octanol–water partition coefficient (Wildman–Crippen LogP) is 2.24. The fraction of sp³-hybridized carbons (Fsp3) is 0.538. The Balaban J connectivity index is 0.00000220. The maximum atomic E-state index is 11.8. The van der Waals surface area contributed by atoms with Crippen LogP contribution in [0.25, 0.3) is 0 Å². The number of carboxylic acids is 1. The molecule has 0 bridgehead atoms. The molecule has 8 heteroatoms. The average molecular weight is 353 g/mol. The third kappa shape index (κ3) is 5.82. The number of carbonyl (C=O) groups is 2. The van der Waals surface area contributed by atoms with Gasteiger partial charge in [0.1, 0.15) is 0 Å². The lowest BCUT2D eigenvalue weighted by atomic mass is 9.97. The molecule has 1 aliphatic heterocycles. The summed E-state index contributed by atoms with van der Waals surface area (Å²) in [7, 11) is 0. The molecule has 1 fully saturated rings. The van der Waals surface area contributed by atoms with E-state index in [1.807, 2.05) is 17.0 Å². The van der Waals surface area contributed by atoms with E-state index in [0.29, 0.717) is 43.4 Å². The van der Waals surface area contributed by atoms with E-state index >= 15 is 0 Å². The first-order valence-electron chi connectivity index (χ1n) is 6.50. The van der Waals surface area contributed by atoms with Crippen LogP contribution in [0.2, 0.25) is 4.34 Å². The van der Waals surface area contributed by atoms with E-state index < -0.39 is 5.97 Å². The summed E-state index contributed by atoms with van der Waals surface area (Å²) in [5.41, 5.74) is 0. The fourth-order valence-corrected chi connectivity index (χ4v) is 3.26. The Kier molecular flexibility index (Phi) is 7.45. The minimum absolute atomic E-state index is 0. The molecule has 0 aliphatic carbocycles. The summed E-state index contributed by atoms with van der Waals surface area (Å²) in [5, 5.41) is 11.8. The van der Waals surface area contributed by atoms with E-state index in [0.717, 1.165) is 4.88 Å². The number of hydrogen-bond acceptors (Lipinski definition) is 4. The molecule has 0 unspecified atom stereocenters. The lowest BCUT2D eigenvalue weighted by Gasteiger charge is -2.29. The van der Waals surface area contributed by atoms with E-state index in [1.54, 1.807) is 0 Å². The molecule has 0 saturated carbocycles. The molecule has 1 saturated heterocycles. The van der Waals surface area contributed by atoms with Crippen molar-refractivity contribution in [3.05, 3.63) is 21.3 Å². The van der Waals surface area contributed by atoms with Crippen LogP contribution in [-0.4, -0.2) is 41.5 Å². The maximum absolute atomic E-state index is 11.8. The topological polar surface area (TPSA) is 69.6 Å². The number of hydrogen-bond donors (Lipinski definition) is 2. The van der Waals surface area contributed by atoms with Crippen molar-refractivity contribution in [3.8, 4) is 0 Å². The van der Waals surface area contributed by atoms with Crippen LogP contribution in [0.15, 0.2) is 12.1 Å². The number of carboxylic acid groups (broad SMARTS) is 1. The Bertz CT molecular complexity index is 488. The zero-order chi connectivity index (χ0) is 14.5. The molecule has 1 aromatic heterocycles. The van der Waals surface area contributed by atoms with Crippen LogP contribution in [0.4, 0.5) is 0 Å². The second kappa shape index (κ2) is 8.58. The first kappa shape index (κ1) is 18.2. The Morgan fingerprint density at radius 3 is 2.57 bits per heavy atom. The van der Waals surface area contributed by atoms with Gasteiger partial charge in [-0.05, 0) is 38.1 Å². The summed E-state index contributed by atoms with van der Waals surface area (Å²) in [5.74, 6) is -1.03. The number of piperidine rings is 1. The highest BCUT2D eigenvalue weighted by Gasteiger charge is 2.25. The number of carbonyl (C=O) groups excluding carboxylic acids is 1. The van der Waals surface area contributed by atoms with Gasteiger partial charge in [0.05, 0.1) is 23.3 Å². The van der Waals surface area contributed by atoms with Gasteiger partial charge in [0.25, 0.3) is 0 Å². The largest absolute Gasteiger partial charge is 0.481 e. The highest BCUT2D eigenvalue weighted by molar-refractivity contribution is 7.16. The van der Waals surface area contributed by atoms with Gasteiger partial charge in [0.15, 0.2) is 0 Å². The van der Waals surface area contributed by atoms with Crippen LogP contribution < -0.4 is 5.32 Å². The molecule has 0 radical (unpaired) electrons. The molecule has 0 aromatic carbocycles. The zero-order valence-corrected chi connectivity index (χ0v) is 13.8. The summed E-state index contributed by atoms with van der Waals surface area (Å²) in [6.07, 6.45) is 1.23. The van der Waals surface area contributed by atoms with Crippen LogP contribution in [0.1, 0.15) is 17.7 Å². The number of amides is 1. The molecule has 1 aromatic rings. The molecular formula is C13H18Cl2N2O3S. The van der Waals surface area contributed by atoms with E-state index in [2.05, 4.69) is 5.32 Å². The van der Waals surface area contributed by atoms with E-state index in [-0.39, 0.29) is 24.2 Å². The summed E-state index contributed by atoms with van der Waals surface area (Å²) in [4.78, 5) is 25.7. The van der Waals surface area contributed by atoms with Crippen LogP contribution in [0, 0.1) is 5.92 Å². The zero-order valence-electron chi connectivity index (χ0n) is 11.4. The third-order valence-corrected chi connectivity index (χ3v) is 4.62. The quantitative estimate of drug-likeness (QED) is 0.852. The Labute approximate surface area is 138 Å². The number of thiophene rings is 1. The molecule has 1 aliphatic rings. The van der Waals surface area contributed by atoms with Crippen molar-refractivity contribution in [2.45, 2.75) is 19.4 Å². The second-order valence-electron chi connectivity index (χ2n) is 4.87. The van der Waals surface area contributed by atoms with Crippen LogP contribution in [0.3, 0.4) is 0 Å². The fourth-order valence-electron chi connectivity index (χ4n) is 2.23. The van der Waals surface area contributed by atoms with Gasteiger partial charge in [-0.1, -0.05) is 11.6 Å². The van der Waals surface area contributed by atoms with Gasteiger partial charge in [-0.25, -0.2) is 0 Å². The van der Waals surface area contributed by atoms with Crippen LogP contribution >= 0.6 is 35.3 Å². The van der Waals surface area contributed by atoms with Crippen molar-refractivity contribution >= 4 is 47.2 Å². The van der Waals surface area contributed by atoms with Crippen molar-refractivity contribution in [2.24, 2.45) is 5.92 Å². The molecular weight excluding hydrogens is 335 g/mol.